The minimum Gasteiger partial charge on any atom is -0.466 e. The molecule has 0 saturated carbocycles. The minimum absolute atomic E-state index is 0.425. The van der Waals surface area contributed by atoms with Crippen LogP contribution in [0.25, 0.3) is 17.4 Å². The van der Waals surface area contributed by atoms with E-state index in [4.69, 9.17) is 16.0 Å². The molecular weight excluding hydrogens is 252 g/mol. The molecule has 2 rings (SSSR count). The van der Waals surface area contributed by atoms with Gasteiger partial charge in [-0.15, -0.1) is 0 Å². The molecular formula is C14H11ClO3. The molecule has 0 bridgehead atoms. The van der Waals surface area contributed by atoms with Crippen molar-refractivity contribution in [1.82, 2.24) is 0 Å². The van der Waals surface area contributed by atoms with Crippen molar-refractivity contribution < 1.29 is 13.9 Å². The van der Waals surface area contributed by atoms with E-state index in [2.05, 4.69) is 4.74 Å². The lowest BCUT2D eigenvalue weighted by molar-refractivity contribution is -0.134. The molecule has 18 heavy (non-hydrogen) atoms. The number of halogens is 1. The van der Waals surface area contributed by atoms with Crippen molar-refractivity contribution in [3.63, 3.8) is 0 Å². The number of carbonyl (C=O) groups excluding carboxylic acids is 1. The zero-order valence-corrected chi connectivity index (χ0v) is 10.5. The summed E-state index contributed by atoms with van der Waals surface area (Å²) in [5, 5.41) is 0.621. The second-order valence-electron chi connectivity index (χ2n) is 3.54. The third-order valence-electron chi connectivity index (χ3n) is 2.35. The molecule has 3 nitrogen and oxygen atoms in total. The van der Waals surface area contributed by atoms with Crippen LogP contribution in [0.3, 0.4) is 0 Å². The zero-order valence-electron chi connectivity index (χ0n) is 9.72. The van der Waals surface area contributed by atoms with Crippen LogP contribution < -0.4 is 0 Å². The van der Waals surface area contributed by atoms with Crippen molar-refractivity contribution in [2.24, 2.45) is 0 Å². The lowest BCUT2D eigenvalue weighted by Gasteiger charge is -1.98. The summed E-state index contributed by atoms with van der Waals surface area (Å²) >= 11 is 6.07. The lowest BCUT2D eigenvalue weighted by Crippen LogP contribution is -1.92. The second kappa shape index (κ2) is 5.56. The molecule has 0 aliphatic carbocycles. The van der Waals surface area contributed by atoms with E-state index in [0.717, 1.165) is 5.56 Å². The Labute approximate surface area is 110 Å². The summed E-state index contributed by atoms with van der Waals surface area (Å²) in [5.74, 6) is 0.797. The Bertz CT molecular complexity index is 584. The largest absolute Gasteiger partial charge is 0.466 e. The maximum Gasteiger partial charge on any atom is 0.330 e. The van der Waals surface area contributed by atoms with E-state index in [0.29, 0.717) is 16.5 Å². The van der Waals surface area contributed by atoms with Crippen LogP contribution in [0.1, 0.15) is 5.76 Å². The first-order valence-electron chi connectivity index (χ1n) is 5.31. The fourth-order valence-electron chi connectivity index (χ4n) is 1.47. The van der Waals surface area contributed by atoms with Gasteiger partial charge in [0, 0.05) is 11.6 Å². The third kappa shape index (κ3) is 2.81. The molecule has 4 heteroatoms. The molecule has 0 fully saturated rings. The molecule has 0 aliphatic heterocycles. The van der Waals surface area contributed by atoms with E-state index >= 15 is 0 Å². The standard InChI is InChI=1S/C14H11ClO3/c1-17-14(16)9-7-10-6-8-13(18-10)11-4-2-3-5-12(11)15/h2-9H,1H3. The molecule has 1 aromatic carbocycles. The highest BCUT2D eigenvalue weighted by Gasteiger charge is 2.06. The van der Waals surface area contributed by atoms with Gasteiger partial charge in [-0.3, -0.25) is 0 Å². The number of furan rings is 1. The van der Waals surface area contributed by atoms with Crippen molar-refractivity contribution in [2.45, 2.75) is 0 Å². The van der Waals surface area contributed by atoms with Crippen molar-refractivity contribution in [3.8, 4) is 11.3 Å². The minimum atomic E-state index is -0.425. The molecule has 0 atom stereocenters. The van der Waals surface area contributed by atoms with Crippen LogP contribution in [-0.2, 0) is 9.53 Å². The Hall–Kier alpha value is -2.00. The molecule has 0 amide bonds. The molecule has 1 aromatic heterocycles. The maximum absolute atomic E-state index is 10.9. The van der Waals surface area contributed by atoms with Gasteiger partial charge in [-0.25, -0.2) is 4.79 Å². The van der Waals surface area contributed by atoms with Gasteiger partial charge in [-0.1, -0.05) is 23.7 Å². The van der Waals surface area contributed by atoms with Gasteiger partial charge in [0.05, 0.1) is 12.1 Å². The summed E-state index contributed by atoms with van der Waals surface area (Å²) in [6.07, 6.45) is 2.85. The van der Waals surface area contributed by atoms with Crippen molar-refractivity contribution >= 4 is 23.6 Å². The molecule has 0 aliphatic rings. The highest BCUT2D eigenvalue weighted by molar-refractivity contribution is 6.33. The van der Waals surface area contributed by atoms with Gasteiger partial charge < -0.3 is 9.15 Å². The fourth-order valence-corrected chi connectivity index (χ4v) is 1.70. The normalized spacial score (nSPS) is 10.8. The van der Waals surface area contributed by atoms with Crippen LogP contribution in [0, 0.1) is 0 Å². The van der Waals surface area contributed by atoms with Crippen LogP contribution in [-0.4, -0.2) is 13.1 Å². The summed E-state index contributed by atoms with van der Waals surface area (Å²) < 4.78 is 10.1. The molecule has 92 valence electrons. The first kappa shape index (κ1) is 12.5. The average molecular weight is 263 g/mol. The van der Waals surface area contributed by atoms with E-state index in [9.17, 15) is 4.79 Å². The van der Waals surface area contributed by atoms with Crippen LogP contribution in [0.5, 0.6) is 0 Å². The van der Waals surface area contributed by atoms with Gasteiger partial charge >= 0.3 is 5.97 Å². The van der Waals surface area contributed by atoms with Crippen molar-refractivity contribution in [3.05, 3.63) is 53.3 Å². The van der Waals surface area contributed by atoms with E-state index in [-0.39, 0.29) is 0 Å². The molecule has 0 N–H and O–H groups in total. The van der Waals surface area contributed by atoms with Crippen molar-refractivity contribution in [1.29, 1.82) is 0 Å². The summed E-state index contributed by atoms with van der Waals surface area (Å²) in [7, 11) is 1.32. The van der Waals surface area contributed by atoms with Gasteiger partial charge in [0.15, 0.2) is 0 Å². The van der Waals surface area contributed by atoms with Crippen LogP contribution in [0.4, 0.5) is 0 Å². The Morgan fingerprint density at radius 2 is 2.06 bits per heavy atom. The molecule has 2 aromatic rings. The van der Waals surface area contributed by atoms with E-state index in [1.165, 1.54) is 13.2 Å². The number of ether oxygens (including phenoxy) is 1. The maximum atomic E-state index is 10.9. The van der Waals surface area contributed by atoms with Crippen molar-refractivity contribution in [2.75, 3.05) is 7.11 Å². The molecule has 0 saturated heterocycles. The Kier molecular flexibility index (Phi) is 3.85. The molecule has 0 unspecified atom stereocenters. The van der Waals surface area contributed by atoms with Crippen LogP contribution in [0.15, 0.2) is 46.9 Å². The van der Waals surface area contributed by atoms with E-state index < -0.39 is 5.97 Å². The number of esters is 1. The fraction of sp³-hybridized carbons (Fsp3) is 0.0714. The second-order valence-corrected chi connectivity index (χ2v) is 3.95. The highest BCUT2D eigenvalue weighted by Crippen LogP contribution is 2.29. The summed E-state index contributed by atoms with van der Waals surface area (Å²) in [6.45, 7) is 0. The van der Waals surface area contributed by atoms with E-state index in [1.54, 1.807) is 24.3 Å². The predicted molar refractivity (Wildman–Crippen MR) is 70.2 cm³/mol. The number of rotatable bonds is 3. The number of carbonyl (C=O) groups is 1. The molecule has 0 radical (unpaired) electrons. The third-order valence-corrected chi connectivity index (χ3v) is 2.68. The molecule has 0 spiro atoms. The van der Waals surface area contributed by atoms with Gasteiger partial charge in [-0.2, -0.15) is 0 Å². The first-order valence-corrected chi connectivity index (χ1v) is 5.69. The Morgan fingerprint density at radius 1 is 1.28 bits per heavy atom. The topological polar surface area (TPSA) is 39.4 Å². The van der Waals surface area contributed by atoms with Crippen LogP contribution >= 0.6 is 11.6 Å². The predicted octanol–water partition coefficient (Wildman–Crippen LogP) is 3.79. The quantitative estimate of drug-likeness (QED) is 0.624. The summed E-state index contributed by atoms with van der Waals surface area (Å²) in [6, 6.07) is 11.0. The summed E-state index contributed by atoms with van der Waals surface area (Å²) in [4.78, 5) is 10.9. The van der Waals surface area contributed by atoms with Crippen LogP contribution in [0.2, 0.25) is 5.02 Å². The van der Waals surface area contributed by atoms with Gasteiger partial charge in [-0.05, 0) is 30.3 Å². The summed E-state index contributed by atoms with van der Waals surface area (Å²) in [5.41, 5.74) is 0.817. The highest BCUT2D eigenvalue weighted by atomic mass is 35.5. The zero-order chi connectivity index (χ0) is 13.0. The number of hydrogen-bond acceptors (Lipinski definition) is 3. The average Bonchev–Trinajstić information content (AvgIpc) is 2.85. The van der Waals surface area contributed by atoms with Gasteiger partial charge in [0.25, 0.3) is 0 Å². The first-order chi connectivity index (χ1) is 8.70. The van der Waals surface area contributed by atoms with Gasteiger partial charge in [0.1, 0.15) is 11.5 Å². The molecule has 1 heterocycles. The lowest BCUT2D eigenvalue weighted by atomic mass is 10.2. The number of methoxy groups -OCH3 is 1. The van der Waals surface area contributed by atoms with Gasteiger partial charge in [0.2, 0.25) is 0 Å². The Morgan fingerprint density at radius 3 is 2.78 bits per heavy atom. The Balaban J connectivity index is 2.24. The smallest absolute Gasteiger partial charge is 0.330 e. The monoisotopic (exact) mass is 262 g/mol. The van der Waals surface area contributed by atoms with E-state index in [1.807, 2.05) is 18.2 Å². The number of hydrogen-bond donors (Lipinski definition) is 0. The number of benzene rings is 1. The SMILES string of the molecule is COC(=O)C=Cc1ccc(-c2ccccc2Cl)o1.